The molecule has 0 aromatic carbocycles. The predicted octanol–water partition coefficient (Wildman–Crippen LogP) is -1.03. The Balaban J connectivity index is 5.39. The molecular formula is C11H19F3N4O3S3. The average molecular weight is 408 g/mol. The number of thiol groups is 3. The second-order valence-electron chi connectivity index (χ2n) is 4.62. The number of halogens is 3. The van der Waals surface area contributed by atoms with Crippen molar-refractivity contribution in [2.45, 2.75) is 17.4 Å². The van der Waals surface area contributed by atoms with Crippen LogP contribution in [0.2, 0.25) is 0 Å². The van der Waals surface area contributed by atoms with Crippen LogP contribution in [0.3, 0.4) is 0 Å². The zero-order valence-electron chi connectivity index (χ0n) is 12.8. The Morgan fingerprint density at radius 2 is 1.08 bits per heavy atom. The summed E-state index contributed by atoms with van der Waals surface area (Å²) in [4.78, 5) is 35.2. The number of amides is 3. The van der Waals surface area contributed by atoms with Gasteiger partial charge in [0, 0.05) is 12.8 Å². The van der Waals surface area contributed by atoms with Crippen molar-refractivity contribution in [1.82, 2.24) is 21.3 Å². The van der Waals surface area contributed by atoms with Crippen molar-refractivity contribution in [1.29, 1.82) is 0 Å². The van der Waals surface area contributed by atoms with E-state index in [0.29, 0.717) is 0 Å². The molecule has 0 spiro atoms. The summed E-state index contributed by atoms with van der Waals surface area (Å²) in [7, 11) is 2.17. The van der Waals surface area contributed by atoms with Gasteiger partial charge in [-0.1, -0.05) is 0 Å². The number of rotatable bonds is 9. The molecule has 0 aliphatic heterocycles. The zero-order valence-corrected chi connectivity index (χ0v) is 15.5. The monoisotopic (exact) mass is 408 g/mol. The maximum Gasteiger partial charge on any atom is 0.282 e. The molecule has 4 N–H and O–H groups in total. The lowest BCUT2D eigenvalue weighted by Gasteiger charge is -2.31. The molecule has 0 aromatic heterocycles. The van der Waals surface area contributed by atoms with E-state index in [1.165, 1.54) is 10.6 Å². The van der Waals surface area contributed by atoms with Crippen molar-refractivity contribution in [2.24, 2.45) is 0 Å². The van der Waals surface area contributed by atoms with Crippen LogP contribution >= 0.6 is 37.9 Å². The molecule has 0 fully saturated rings. The number of hydrogen-bond donors (Lipinski definition) is 7. The Kier molecular flexibility index (Phi) is 8.76. The molecular weight excluding hydrogens is 389 g/mol. The van der Waals surface area contributed by atoms with Crippen LogP contribution in [0.5, 0.6) is 0 Å². The van der Waals surface area contributed by atoms with Crippen molar-refractivity contribution in [3.8, 4) is 0 Å². The maximum absolute atomic E-state index is 14.6. The Bertz CT molecular complexity index is 498. The van der Waals surface area contributed by atoms with Gasteiger partial charge in [0.15, 0.2) is 0 Å². The van der Waals surface area contributed by atoms with Crippen LogP contribution < -0.4 is 21.3 Å². The van der Waals surface area contributed by atoms with Crippen LogP contribution in [-0.4, -0.2) is 66.5 Å². The smallest absolute Gasteiger partial charge is 0.282 e. The largest absolute Gasteiger partial charge is 0.355 e. The third-order valence-corrected chi connectivity index (χ3v) is 4.29. The first-order chi connectivity index (χ1) is 11.0. The van der Waals surface area contributed by atoms with Gasteiger partial charge in [-0.15, -0.1) is 0 Å². The molecule has 3 amide bonds. The summed E-state index contributed by atoms with van der Waals surface area (Å²) in [5, 5.41) is 6.87. The molecule has 140 valence electrons. The zero-order chi connectivity index (χ0) is 19.2. The summed E-state index contributed by atoms with van der Waals surface area (Å²) in [6.45, 7) is 0. The van der Waals surface area contributed by atoms with Crippen LogP contribution in [0, 0.1) is 0 Å². The predicted molar refractivity (Wildman–Crippen MR) is 92.5 cm³/mol. The molecule has 24 heavy (non-hydrogen) atoms. The highest BCUT2D eigenvalue weighted by Crippen LogP contribution is 2.18. The standard InChI is InChI=1S/C11H19F3N4O3S3/c1-15-6(19)10(13,4-23)18-8(21)11(14,5-24)17-7(20)9(12,3-22)16-2/h16,22-24H,3-5H2,1-2H3,(H,15,19)(H,17,20)(H,18,21)/t9-,10-,11-/m0/s1. The summed E-state index contributed by atoms with van der Waals surface area (Å²) in [6.07, 6.45) is 0. The van der Waals surface area contributed by atoms with E-state index in [9.17, 15) is 27.6 Å². The van der Waals surface area contributed by atoms with Crippen molar-refractivity contribution in [3.63, 3.8) is 0 Å². The lowest BCUT2D eigenvalue weighted by Crippen LogP contribution is -2.67. The molecule has 13 heteroatoms. The molecule has 0 bridgehead atoms. The fourth-order valence-corrected chi connectivity index (χ4v) is 2.10. The first kappa shape index (κ1) is 23.2. The summed E-state index contributed by atoms with van der Waals surface area (Å²) >= 11 is 10.8. The Morgan fingerprint density at radius 3 is 1.38 bits per heavy atom. The lowest BCUT2D eigenvalue weighted by atomic mass is 10.1. The molecule has 0 saturated heterocycles. The van der Waals surface area contributed by atoms with E-state index < -0.39 is 52.4 Å². The molecule has 0 rings (SSSR count). The minimum Gasteiger partial charge on any atom is -0.355 e. The molecule has 3 atom stereocenters. The van der Waals surface area contributed by atoms with Gasteiger partial charge in [-0.3, -0.25) is 19.7 Å². The maximum atomic E-state index is 14.6. The second kappa shape index (κ2) is 9.06. The first-order valence-electron chi connectivity index (χ1n) is 6.44. The number of nitrogens with one attached hydrogen (secondary N) is 4. The quantitative estimate of drug-likeness (QED) is 0.196. The summed E-state index contributed by atoms with van der Waals surface area (Å²) in [6, 6.07) is 0. The number of carbonyl (C=O) groups is 3. The van der Waals surface area contributed by atoms with Crippen LogP contribution in [-0.2, 0) is 14.4 Å². The van der Waals surface area contributed by atoms with E-state index in [-0.39, 0.29) is 0 Å². The highest BCUT2D eigenvalue weighted by molar-refractivity contribution is 7.80. The SMILES string of the molecule is CNC(=O)[C@](F)(CS)NC(=O)[C@](F)(CS)NC(=O)[C@](F)(CS)NC. The molecule has 0 heterocycles. The van der Waals surface area contributed by atoms with E-state index in [2.05, 4.69) is 37.9 Å². The van der Waals surface area contributed by atoms with Gasteiger partial charge in [0.25, 0.3) is 29.3 Å². The van der Waals surface area contributed by atoms with E-state index in [1.54, 1.807) is 0 Å². The third kappa shape index (κ3) is 5.10. The van der Waals surface area contributed by atoms with Gasteiger partial charge in [-0.25, -0.2) is 13.2 Å². The number of alkyl halides is 3. The van der Waals surface area contributed by atoms with Gasteiger partial charge in [0.1, 0.15) is 0 Å². The van der Waals surface area contributed by atoms with Gasteiger partial charge in [0.05, 0.1) is 11.5 Å². The average Bonchev–Trinajstić information content (AvgIpc) is 2.59. The van der Waals surface area contributed by atoms with Crippen molar-refractivity contribution in [3.05, 3.63) is 0 Å². The third-order valence-electron chi connectivity index (χ3n) is 2.98. The van der Waals surface area contributed by atoms with Gasteiger partial charge < -0.3 is 16.0 Å². The van der Waals surface area contributed by atoms with Gasteiger partial charge >= 0.3 is 0 Å². The van der Waals surface area contributed by atoms with Crippen LogP contribution in [0.25, 0.3) is 0 Å². The van der Waals surface area contributed by atoms with E-state index in [1.807, 2.05) is 10.6 Å². The summed E-state index contributed by atoms with van der Waals surface area (Å²) < 4.78 is 43.0. The van der Waals surface area contributed by atoms with Gasteiger partial charge in [-0.05, 0) is 7.05 Å². The molecule has 0 aliphatic carbocycles. The number of hydrogen-bond acceptors (Lipinski definition) is 7. The normalized spacial score (nSPS) is 18.5. The number of likely N-dealkylation sites (N-methyl/N-ethyl adjacent to an activating group) is 2. The Labute approximate surface area is 153 Å². The molecule has 0 unspecified atom stereocenters. The molecule has 0 saturated carbocycles. The Hall–Kier alpha value is -0.790. The minimum absolute atomic E-state index is 0.665. The topological polar surface area (TPSA) is 99.3 Å². The highest BCUT2D eigenvalue weighted by Gasteiger charge is 2.49. The van der Waals surface area contributed by atoms with E-state index >= 15 is 0 Å². The fourth-order valence-electron chi connectivity index (χ4n) is 1.36. The molecule has 0 radical (unpaired) electrons. The summed E-state index contributed by atoms with van der Waals surface area (Å²) in [5.74, 6) is -16.1. The molecule has 7 nitrogen and oxygen atoms in total. The van der Waals surface area contributed by atoms with Crippen molar-refractivity contribution < 1.29 is 27.6 Å². The molecule has 0 aliphatic rings. The van der Waals surface area contributed by atoms with Crippen molar-refractivity contribution in [2.75, 3.05) is 31.4 Å². The van der Waals surface area contributed by atoms with Gasteiger partial charge in [0.2, 0.25) is 5.79 Å². The van der Waals surface area contributed by atoms with Gasteiger partial charge in [-0.2, -0.15) is 37.9 Å². The van der Waals surface area contributed by atoms with Crippen LogP contribution in [0.15, 0.2) is 0 Å². The summed E-state index contributed by atoms with van der Waals surface area (Å²) in [5.41, 5.74) is 0. The lowest BCUT2D eigenvalue weighted by molar-refractivity contribution is -0.150. The Morgan fingerprint density at radius 1 is 0.750 bits per heavy atom. The minimum atomic E-state index is -3.29. The van der Waals surface area contributed by atoms with Crippen LogP contribution in [0.4, 0.5) is 13.2 Å². The van der Waals surface area contributed by atoms with Crippen molar-refractivity contribution >= 4 is 55.6 Å². The fraction of sp³-hybridized carbons (Fsp3) is 0.727. The van der Waals surface area contributed by atoms with Crippen LogP contribution in [0.1, 0.15) is 0 Å². The number of carbonyl (C=O) groups excluding carboxylic acids is 3. The molecule has 0 aromatic rings. The van der Waals surface area contributed by atoms with E-state index in [4.69, 9.17) is 0 Å². The first-order valence-corrected chi connectivity index (χ1v) is 8.34. The highest BCUT2D eigenvalue weighted by atomic mass is 32.1. The van der Waals surface area contributed by atoms with E-state index in [0.717, 1.165) is 14.1 Å². The second-order valence-corrected chi connectivity index (χ2v) is 5.56.